The molecule has 2 N–H and O–H groups in total. The molecule has 2 heterocycles. The second kappa shape index (κ2) is 3.27. The summed E-state index contributed by atoms with van der Waals surface area (Å²) in [5.41, 5.74) is -0.492. The highest BCUT2D eigenvalue weighted by Gasteiger charge is 2.69. The summed E-state index contributed by atoms with van der Waals surface area (Å²) in [6.45, 7) is 0. The van der Waals surface area contributed by atoms with Crippen molar-refractivity contribution in [2.75, 3.05) is 0 Å². The van der Waals surface area contributed by atoms with Crippen LogP contribution in [0.3, 0.4) is 0 Å². The molecule has 0 aromatic rings. The van der Waals surface area contributed by atoms with Crippen molar-refractivity contribution in [3.8, 4) is 0 Å². The fourth-order valence-electron chi connectivity index (χ4n) is 5.84. The monoisotopic (exact) mass is 273 g/mol. The third-order valence-corrected chi connectivity index (χ3v) is 6.51. The van der Waals surface area contributed by atoms with Gasteiger partial charge in [-0.15, -0.1) is 0 Å². The molecule has 0 aromatic carbocycles. The third kappa shape index (κ3) is 0.974. The first-order valence-electron chi connectivity index (χ1n) is 7.74. The Morgan fingerprint density at radius 3 is 2.90 bits per heavy atom. The first kappa shape index (κ1) is 11.3. The molecule has 0 radical (unpaired) electrons. The van der Waals surface area contributed by atoms with E-state index in [1.807, 2.05) is 4.90 Å². The highest BCUT2D eigenvalue weighted by atomic mass is 16.2. The van der Waals surface area contributed by atoms with E-state index in [0.717, 1.165) is 25.7 Å². The minimum atomic E-state index is -0.492. The molecule has 5 heteroatoms. The summed E-state index contributed by atoms with van der Waals surface area (Å²) in [6, 6.07) is 0.0768. The number of nitrogens with two attached hydrogens (primary N) is 1. The predicted molar refractivity (Wildman–Crippen MR) is 70.6 cm³/mol. The van der Waals surface area contributed by atoms with Crippen LogP contribution in [0.5, 0.6) is 0 Å². The summed E-state index contributed by atoms with van der Waals surface area (Å²) in [4.78, 5) is 27.5. The molecule has 4 fully saturated rings. The molecule has 5 aliphatic rings. The van der Waals surface area contributed by atoms with E-state index in [2.05, 4.69) is 12.2 Å². The zero-order valence-electron chi connectivity index (χ0n) is 11.4. The lowest BCUT2D eigenvalue weighted by molar-refractivity contribution is -0.181. The van der Waals surface area contributed by atoms with Gasteiger partial charge in [-0.05, 0) is 37.5 Å². The molecule has 2 bridgehead atoms. The second-order valence-corrected chi connectivity index (χ2v) is 7.11. The van der Waals surface area contributed by atoms with E-state index in [1.54, 1.807) is 0 Å². The SMILES string of the molecule is NN1C(=O)[C@H]2[C@H]([C@H]3C=C[C@@H]2C3)N2C(=O)C[C@H]3CCC[C@@]312. The Morgan fingerprint density at radius 1 is 1.25 bits per heavy atom. The van der Waals surface area contributed by atoms with E-state index in [4.69, 9.17) is 5.84 Å². The molecule has 3 aliphatic carbocycles. The maximum absolute atomic E-state index is 12.8. The van der Waals surface area contributed by atoms with Crippen molar-refractivity contribution >= 4 is 11.8 Å². The van der Waals surface area contributed by atoms with Crippen LogP contribution in [-0.2, 0) is 9.59 Å². The molecule has 1 spiro atoms. The quantitative estimate of drug-likeness (QED) is 0.400. The van der Waals surface area contributed by atoms with E-state index in [1.165, 1.54) is 5.01 Å². The lowest BCUT2D eigenvalue weighted by Gasteiger charge is -2.55. The summed E-state index contributed by atoms with van der Waals surface area (Å²) < 4.78 is 0. The number of carbonyl (C=O) groups excluding carboxylic acids is 2. The van der Waals surface area contributed by atoms with Crippen molar-refractivity contribution in [2.45, 2.75) is 43.8 Å². The zero-order chi connectivity index (χ0) is 13.6. The Bertz CT molecular complexity index is 559. The van der Waals surface area contributed by atoms with Gasteiger partial charge in [-0.25, -0.2) is 5.84 Å². The van der Waals surface area contributed by atoms with Crippen molar-refractivity contribution in [3.05, 3.63) is 12.2 Å². The van der Waals surface area contributed by atoms with Crippen LogP contribution in [0.2, 0.25) is 0 Å². The third-order valence-electron chi connectivity index (χ3n) is 6.51. The number of hydrogen-bond acceptors (Lipinski definition) is 3. The predicted octanol–water partition coefficient (Wildman–Crippen LogP) is 0.622. The fourth-order valence-corrected chi connectivity index (χ4v) is 5.84. The Hall–Kier alpha value is -1.36. The lowest BCUT2D eigenvalue weighted by Crippen LogP contribution is -2.74. The minimum absolute atomic E-state index is 0.0738. The van der Waals surface area contributed by atoms with Gasteiger partial charge in [-0.1, -0.05) is 12.2 Å². The normalized spacial score (nSPS) is 51.8. The highest BCUT2D eigenvalue weighted by Crippen LogP contribution is 2.59. The summed E-state index contributed by atoms with van der Waals surface area (Å²) in [7, 11) is 0. The first-order chi connectivity index (χ1) is 9.64. The molecule has 0 unspecified atom stereocenters. The molecule has 0 aromatic heterocycles. The molecule has 2 saturated heterocycles. The van der Waals surface area contributed by atoms with Crippen molar-refractivity contribution in [2.24, 2.45) is 29.5 Å². The Balaban J connectivity index is 1.70. The van der Waals surface area contributed by atoms with Crippen LogP contribution in [-0.4, -0.2) is 33.4 Å². The number of nitrogens with zero attached hydrogens (tertiary/aromatic N) is 2. The summed E-state index contributed by atoms with van der Waals surface area (Å²) in [5, 5.41) is 1.46. The number of amides is 2. The van der Waals surface area contributed by atoms with E-state index >= 15 is 0 Å². The van der Waals surface area contributed by atoms with E-state index in [9.17, 15) is 9.59 Å². The average Bonchev–Trinajstić information content (AvgIpc) is 3.13. The van der Waals surface area contributed by atoms with Crippen LogP contribution in [0.25, 0.3) is 0 Å². The molecular weight excluding hydrogens is 254 g/mol. The van der Waals surface area contributed by atoms with Crippen molar-refractivity contribution < 1.29 is 9.59 Å². The Labute approximate surface area is 117 Å². The smallest absolute Gasteiger partial charge is 0.244 e. The summed E-state index contributed by atoms with van der Waals surface area (Å²) in [5.74, 6) is 7.35. The molecule has 106 valence electrons. The number of hydrazine groups is 1. The molecule has 5 rings (SSSR count). The zero-order valence-corrected chi connectivity index (χ0v) is 11.4. The van der Waals surface area contributed by atoms with Gasteiger partial charge in [-0.2, -0.15) is 0 Å². The summed E-state index contributed by atoms with van der Waals surface area (Å²) >= 11 is 0. The number of fused-ring (bicyclic) bond motifs is 6. The van der Waals surface area contributed by atoms with Crippen LogP contribution >= 0.6 is 0 Å². The van der Waals surface area contributed by atoms with Gasteiger partial charge >= 0.3 is 0 Å². The number of allylic oxidation sites excluding steroid dienone is 1. The lowest BCUT2D eigenvalue weighted by atomic mass is 9.81. The molecule has 5 nitrogen and oxygen atoms in total. The van der Waals surface area contributed by atoms with Crippen LogP contribution in [0, 0.1) is 23.7 Å². The minimum Gasteiger partial charge on any atom is -0.313 e. The van der Waals surface area contributed by atoms with E-state index < -0.39 is 5.66 Å². The van der Waals surface area contributed by atoms with Gasteiger partial charge < -0.3 is 4.90 Å². The number of rotatable bonds is 0. The van der Waals surface area contributed by atoms with Gasteiger partial charge in [0.15, 0.2) is 0 Å². The molecule has 2 aliphatic heterocycles. The van der Waals surface area contributed by atoms with Gasteiger partial charge in [-0.3, -0.25) is 14.6 Å². The van der Waals surface area contributed by atoms with E-state index in [-0.39, 0.29) is 35.6 Å². The molecule has 20 heavy (non-hydrogen) atoms. The fraction of sp³-hybridized carbons (Fsp3) is 0.733. The second-order valence-electron chi connectivity index (χ2n) is 7.11. The summed E-state index contributed by atoms with van der Waals surface area (Å²) in [6.07, 6.45) is 8.90. The maximum Gasteiger partial charge on any atom is 0.244 e. The number of hydrogen-bond donors (Lipinski definition) is 1. The van der Waals surface area contributed by atoms with Crippen molar-refractivity contribution in [3.63, 3.8) is 0 Å². The van der Waals surface area contributed by atoms with Gasteiger partial charge in [0.25, 0.3) is 0 Å². The number of carbonyl (C=O) groups is 2. The van der Waals surface area contributed by atoms with Crippen LogP contribution in [0.15, 0.2) is 12.2 Å². The average molecular weight is 273 g/mol. The molecular formula is C15H19N3O2. The van der Waals surface area contributed by atoms with Crippen LogP contribution < -0.4 is 5.84 Å². The van der Waals surface area contributed by atoms with Gasteiger partial charge in [0.2, 0.25) is 11.8 Å². The molecule has 2 saturated carbocycles. The highest BCUT2D eigenvalue weighted by molar-refractivity contribution is 5.89. The van der Waals surface area contributed by atoms with Gasteiger partial charge in [0, 0.05) is 12.3 Å². The topological polar surface area (TPSA) is 66.6 Å². The van der Waals surface area contributed by atoms with Gasteiger partial charge in [0.1, 0.15) is 5.66 Å². The first-order valence-corrected chi connectivity index (χ1v) is 7.74. The largest absolute Gasteiger partial charge is 0.313 e. The maximum atomic E-state index is 12.8. The molecule has 2 amide bonds. The Kier molecular flexibility index (Phi) is 1.85. The van der Waals surface area contributed by atoms with Crippen LogP contribution in [0.1, 0.15) is 32.1 Å². The van der Waals surface area contributed by atoms with E-state index in [0.29, 0.717) is 12.3 Å². The molecule has 6 atom stereocenters. The standard InChI is InChI=1S/C15H19N3O2/c16-18-14(20)12-8-3-4-9(6-8)13(12)17-11(19)7-10-2-1-5-15(10,17)18/h3-4,8-10,12-13H,1-2,5-7,16H2/t8-,9+,10-,12-,13+,15+/m1/s1. The van der Waals surface area contributed by atoms with Crippen molar-refractivity contribution in [1.82, 2.24) is 9.91 Å². The Morgan fingerprint density at radius 2 is 2.05 bits per heavy atom. The van der Waals surface area contributed by atoms with Gasteiger partial charge in [0.05, 0.1) is 12.0 Å². The van der Waals surface area contributed by atoms with Crippen molar-refractivity contribution in [1.29, 1.82) is 0 Å². The van der Waals surface area contributed by atoms with Crippen LogP contribution in [0.4, 0.5) is 0 Å².